The van der Waals surface area contributed by atoms with E-state index in [4.69, 9.17) is 0 Å². The molecule has 0 aliphatic rings. The highest BCUT2D eigenvalue weighted by molar-refractivity contribution is 5.31. The molecular weight excluding hydrogens is 295 g/mol. The van der Waals surface area contributed by atoms with Crippen LogP contribution in [0.3, 0.4) is 0 Å². The summed E-state index contributed by atoms with van der Waals surface area (Å²) in [5.74, 6) is -0.277. The van der Waals surface area contributed by atoms with Crippen molar-refractivity contribution < 1.29 is 18.3 Å². The fraction of sp³-hybridized carbons (Fsp3) is 0.333. The predicted molar refractivity (Wildman–Crippen MR) is 76.4 cm³/mol. The normalized spacial score (nSPS) is 14.4. The van der Waals surface area contributed by atoms with Crippen molar-refractivity contribution >= 4 is 5.95 Å². The van der Waals surface area contributed by atoms with E-state index in [9.17, 15) is 18.3 Å². The Morgan fingerprint density at radius 3 is 2.45 bits per heavy atom. The van der Waals surface area contributed by atoms with Crippen LogP contribution < -0.4 is 5.32 Å². The van der Waals surface area contributed by atoms with Crippen LogP contribution in [0.5, 0.6) is 0 Å². The van der Waals surface area contributed by atoms with Crippen LogP contribution in [0.25, 0.3) is 0 Å². The van der Waals surface area contributed by atoms with E-state index in [-0.39, 0.29) is 18.5 Å². The second-order valence-electron chi connectivity index (χ2n) is 4.90. The maximum absolute atomic E-state index is 12.6. The second kappa shape index (κ2) is 6.74. The summed E-state index contributed by atoms with van der Waals surface area (Å²) in [4.78, 5) is 7.23. The molecule has 2 aromatic rings. The van der Waals surface area contributed by atoms with Crippen LogP contribution >= 0.6 is 0 Å². The Morgan fingerprint density at radius 1 is 1.18 bits per heavy atom. The summed E-state index contributed by atoms with van der Waals surface area (Å²) in [6, 6.07) is 9.69. The summed E-state index contributed by atoms with van der Waals surface area (Å²) in [5, 5.41) is 12.3. The zero-order valence-corrected chi connectivity index (χ0v) is 11.9. The fourth-order valence-electron chi connectivity index (χ4n) is 2.07. The number of aliphatic hydroxyl groups excluding tert-OH is 1. The minimum absolute atomic E-state index is 0.121. The Balaban J connectivity index is 2.17. The van der Waals surface area contributed by atoms with Gasteiger partial charge in [-0.15, -0.1) is 0 Å². The third kappa shape index (κ3) is 3.94. The van der Waals surface area contributed by atoms with Crippen LogP contribution in [-0.2, 0) is 6.18 Å². The minimum Gasteiger partial charge on any atom is -0.394 e. The predicted octanol–water partition coefficient (Wildman–Crippen LogP) is 3.07. The van der Waals surface area contributed by atoms with Gasteiger partial charge in [-0.25, -0.2) is 9.97 Å². The molecule has 1 heterocycles. The number of hydrogen-bond acceptors (Lipinski definition) is 4. The lowest BCUT2D eigenvalue weighted by Crippen LogP contribution is -2.31. The Labute approximate surface area is 126 Å². The molecule has 7 heteroatoms. The lowest BCUT2D eigenvalue weighted by molar-refractivity contribution is -0.141. The van der Waals surface area contributed by atoms with Crippen molar-refractivity contribution in [3.63, 3.8) is 0 Å². The van der Waals surface area contributed by atoms with Crippen LogP contribution in [0.2, 0.25) is 0 Å². The molecule has 0 saturated carbocycles. The second-order valence-corrected chi connectivity index (χ2v) is 4.90. The Hall–Kier alpha value is -2.15. The van der Waals surface area contributed by atoms with Crippen LogP contribution in [0.15, 0.2) is 42.6 Å². The summed E-state index contributed by atoms with van der Waals surface area (Å²) in [6.45, 7) is 1.62. The van der Waals surface area contributed by atoms with Crippen molar-refractivity contribution in [3.05, 3.63) is 53.9 Å². The van der Waals surface area contributed by atoms with E-state index in [0.29, 0.717) is 0 Å². The van der Waals surface area contributed by atoms with Gasteiger partial charge in [-0.2, -0.15) is 13.2 Å². The first-order chi connectivity index (χ1) is 10.4. The molecule has 2 rings (SSSR count). The van der Waals surface area contributed by atoms with Gasteiger partial charge in [0.15, 0.2) is 0 Å². The first-order valence-electron chi connectivity index (χ1n) is 6.74. The van der Waals surface area contributed by atoms with E-state index in [0.717, 1.165) is 17.8 Å². The smallest absolute Gasteiger partial charge is 0.394 e. The van der Waals surface area contributed by atoms with Gasteiger partial charge >= 0.3 is 6.18 Å². The van der Waals surface area contributed by atoms with Gasteiger partial charge in [0.1, 0.15) is 5.69 Å². The van der Waals surface area contributed by atoms with Gasteiger partial charge in [0.2, 0.25) is 5.95 Å². The lowest BCUT2D eigenvalue weighted by Gasteiger charge is -2.23. The van der Waals surface area contributed by atoms with Crippen molar-refractivity contribution in [2.45, 2.75) is 25.1 Å². The zero-order valence-electron chi connectivity index (χ0n) is 11.9. The maximum atomic E-state index is 12.6. The third-order valence-corrected chi connectivity index (χ3v) is 3.39. The average molecular weight is 311 g/mol. The number of benzene rings is 1. The van der Waals surface area contributed by atoms with Crippen molar-refractivity contribution in [1.29, 1.82) is 0 Å². The van der Waals surface area contributed by atoms with E-state index in [1.54, 1.807) is 0 Å². The molecule has 0 radical (unpaired) electrons. The van der Waals surface area contributed by atoms with E-state index in [2.05, 4.69) is 15.3 Å². The first-order valence-corrected chi connectivity index (χ1v) is 6.74. The van der Waals surface area contributed by atoms with Crippen LogP contribution in [0.4, 0.5) is 19.1 Å². The number of aliphatic hydroxyl groups is 1. The number of rotatable bonds is 5. The maximum Gasteiger partial charge on any atom is 0.433 e. The minimum atomic E-state index is -4.53. The SMILES string of the molecule is C[C@@H](c1ccccc1)[C@H](CO)Nc1nccc(C(F)(F)F)n1. The van der Waals surface area contributed by atoms with E-state index in [1.165, 1.54) is 0 Å². The van der Waals surface area contributed by atoms with Crippen molar-refractivity contribution in [3.8, 4) is 0 Å². The van der Waals surface area contributed by atoms with Crippen LogP contribution in [-0.4, -0.2) is 27.7 Å². The summed E-state index contributed by atoms with van der Waals surface area (Å²) in [7, 11) is 0. The number of nitrogens with one attached hydrogen (secondary N) is 1. The number of hydrogen-bond donors (Lipinski definition) is 2. The summed E-state index contributed by atoms with van der Waals surface area (Å²) in [6.07, 6.45) is -3.49. The number of halogens is 3. The highest BCUT2D eigenvalue weighted by Gasteiger charge is 2.33. The molecule has 2 atom stereocenters. The zero-order chi connectivity index (χ0) is 16.2. The molecule has 0 aliphatic heterocycles. The first kappa shape index (κ1) is 16.2. The van der Waals surface area contributed by atoms with Gasteiger partial charge < -0.3 is 10.4 Å². The molecule has 1 aromatic carbocycles. The van der Waals surface area contributed by atoms with E-state index < -0.39 is 17.9 Å². The molecule has 118 valence electrons. The molecular formula is C15H16F3N3O. The summed E-state index contributed by atoms with van der Waals surface area (Å²) >= 11 is 0. The lowest BCUT2D eigenvalue weighted by atomic mass is 9.94. The average Bonchev–Trinajstić information content (AvgIpc) is 2.52. The summed E-state index contributed by atoms with van der Waals surface area (Å²) < 4.78 is 37.9. The number of alkyl halides is 3. The van der Waals surface area contributed by atoms with Crippen molar-refractivity contribution in [2.75, 3.05) is 11.9 Å². The molecule has 0 spiro atoms. The standard InChI is InChI=1S/C15H16F3N3O/c1-10(11-5-3-2-4-6-11)12(9-22)20-14-19-8-7-13(21-14)15(16,17)18/h2-8,10,12,22H,9H2,1H3,(H,19,20,21)/t10-,12-/m0/s1. The molecule has 1 aromatic heterocycles. The largest absolute Gasteiger partial charge is 0.433 e. The fourth-order valence-corrected chi connectivity index (χ4v) is 2.07. The van der Waals surface area contributed by atoms with Gasteiger partial charge in [0.25, 0.3) is 0 Å². The molecule has 0 bridgehead atoms. The quantitative estimate of drug-likeness (QED) is 0.891. The van der Waals surface area contributed by atoms with Crippen LogP contribution in [0.1, 0.15) is 24.1 Å². The highest BCUT2D eigenvalue weighted by Crippen LogP contribution is 2.28. The number of nitrogens with zero attached hydrogens (tertiary/aromatic N) is 2. The molecule has 22 heavy (non-hydrogen) atoms. The third-order valence-electron chi connectivity index (χ3n) is 3.39. The van der Waals surface area contributed by atoms with Crippen LogP contribution in [0, 0.1) is 0 Å². The van der Waals surface area contributed by atoms with Gasteiger partial charge in [-0.3, -0.25) is 0 Å². The Morgan fingerprint density at radius 2 is 1.86 bits per heavy atom. The van der Waals surface area contributed by atoms with Gasteiger partial charge in [0.05, 0.1) is 12.6 Å². The molecule has 2 N–H and O–H groups in total. The van der Waals surface area contributed by atoms with Gasteiger partial charge in [-0.1, -0.05) is 37.3 Å². The molecule has 0 saturated heterocycles. The monoisotopic (exact) mass is 311 g/mol. The van der Waals surface area contributed by atoms with Crippen molar-refractivity contribution in [1.82, 2.24) is 9.97 Å². The Kier molecular flexibility index (Phi) is 4.97. The molecule has 0 amide bonds. The van der Waals surface area contributed by atoms with Gasteiger partial charge in [-0.05, 0) is 11.6 Å². The Bertz CT molecular complexity index is 604. The molecule has 0 aliphatic carbocycles. The number of aromatic nitrogens is 2. The molecule has 0 unspecified atom stereocenters. The van der Waals surface area contributed by atoms with E-state index in [1.807, 2.05) is 37.3 Å². The number of anilines is 1. The summed E-state index contributed by atoms with van der Waals surface area (Å²) in [5.41, 5.74) is -0.0601. The van der Waals surface area contributed by atoms with E-state index >= 15 is 0 Å². The van der Waals surface area contributed by atoms with Crippen molar-refractivity contribution in [2.24, 2.45) is 0 Å². The van der Waals surface area contributed by atoms with Gasteiger partial charge in [0, 0.05) is 12.1 Å². The molecule has 0 fully saturated rings. The molecule has 4 nitrogen and oxygen atoms in total. The highest BCUT2D eigenvalue weighted by atomic mass is 19.4. The topological polar surface area (TPSA) is 58.0 Å².